The van der Waals surface area contributed by atoms with Crippen LogP contribution in [0, 0.1) is 22.7 Å². The molecule has 0 unspecified atom stereocenters. The molecular weight excluding hydrogens is 316 g/mol. The Morgan fingerprint density at radius 3 is 1.92 bits per heavy atom. The Kier molecular flexibility index (Phi) is 9.70. The lowest BCUT2D eigenvalue weighted by atomic mass is 9.92. The summed E-state index contributed by atoms with van der Waals surface area (Å²) in [5.74, 6) is 0.265. The second-order valence-electron chi connectivity index (χ2n) is 9.20. The Hall–Kier alpha value is -1.10. The predicted octanol–water partition coefficient (Wildman–Crippen LogP) is 3.33. The number of carbonyl (C=O) groups is 2. The summed E-state index contributed by atoms with van der Waals surface area (Å²) in [5, 5.41) is 2.97. The molecule has 0 aromatic rings. The highest BCUT2D eigenvalue weighted by molar-refractivity contribution is 5.78. The first-order chi connectivity index (χ1) is 11.3. The van der Waals surface area contributed by atoms with Crippen molar-refractivity contribution in [1.82, 2.24) is 10.2 Å². The average Bonchev–Trinajstić information content (AvgIpc) is 2.48. The van der Waals surface area contributed by atoms with E-state index in [1.165, 1.54) is 0 Å². The predicted molar refractivity (Wildman–Crippen MR) is 103 cm³/mol. The summed E-state index contributed by atoms with van der Waals surface area (Å²) in [6.45, 7) is 21.2. The fourth-order valence-electron chi connectivity index (χ4n) is 2.46. The number of hydrogen-bond acceptors (Lipinski definition) is 3. The second-order valence-corrected chi connectivity index (χ2v) is 9.20. The highest BCUT2D eigenvalue weighted by Gasteiger charge is 2.27. The molecule has 1 N–H and O–H groups in total. The van der Waals surface area contributed by atoms with Crippen molar-refractivity contribution in [3.05, 3.63) is 0 Å². The first kappa shape index (κ1) is 23.9. The summed E-state index contributed by atoms with van der Waals surface area (Å²) >= 11 is 0. The number of nitrogens with one attached hydrogen (secondary N) is 1. The van der Waals surface area contributed by atoms with E-state index in [1.54, 1.807) is 0 Å². The van der Waals surface area contributed by atoms with E-state index in [4.69, 9.17) is 4.74 Å². The smallest absolute Gasteiger partial charge is 0.225 e. The molecule has 5 nitrogen and oxygen atoms in total. The third-order valence-electron chi connectivity index (χ3n) is 4.06. The molecule has 0 aliphatic rings. The van der Waals surface area contributed by atoms with Crippen molar-refractivity contribution in [1.29, 1.82) is 0 Å². The Labute approximate surface area is 154 Å². The van der Waals surface area contributed by atoms with Gasteiger partial charge in [0.1, 0.15) is 0 Å². The molecule has 0 rings (SSSR count). The molecule has 0 aliphatic carbocycles. The van der Waals surface area contributed by atoms with Crippen LogP contribution in [-0.2, 0) is 14.3 Å². The minimum Gasteiger partial charge on any atom is -0.380 e. The lowest BCUT2D eigenvalue weighted by Crippen LogP contribution is -2.43. The first-order valence-electron chi connectivity index (χ1n) is 9.45. The maximum absolute atomic E-state index is 12.2. The number of hydrogen-bond donors (Lipinski definition) is 1. The van der Waals surface area contributed by atoms with Gasteiger partial charge in [0.05, 0.1) is 13.2 Å². The summed E-state index contributed by atoms with van der Waals surface area (Å²) in [5.41, 5.74) is -0.239. The normalized spacial score (nSPS) is 12.6. The van der Waals surface area contributed by atoms with Gasteiger partial charge in [0, 0.05) is 42.3 Å². The summed E-state index contributed by atoms with van der Waals surface area (Å²) in [7, 11) is 0. The molecule has 0 fully saturated rings. The fraction of sp³-hybridized carbons (Fsp3) is 0.900. The van der Waals surface area contributed by atoms with Crippen LogP contribution in [0.4, 0.5) is 0 Å². The molecule has 0 aromatic heterocycles. The van der Waals surface area contributed by atoms with Gasteiger partial charge in [0.15, 0.2) is 0 Å². The zero-order valence-electron chi connectivity index (χ0n) is 17.9. The molecule has 148 valence electrons. The van der Waals surface area contributed by atoms with E-state index in [2.05, 4.69) is 33.0 Å². The maximum atomic E-state index is 12.2. The maximum Gasteiger partial charge on any atom is 0.225 e. The highest BCUT2D eigenvalue weighted by atomic mass is 16.5. The number of nitrogens with zero attached hydrogens (tertiary/aromatic N) is 1. The van der Waals surface area contributed by atoms with Crippen LogP contribution in [-0.4, -0.2) is 49.6 Å². The van der Waals surface area contributed by atoms with Crippen molar-refractivity contribution in [2.24, 2.45) is 22.7 Å². The lowest BCUT2D eigenvalue weighted by Gasteiger charge is -2.34. The van der Waals surface area contributed by atoms with Crippen LogP contribution in [0.25, 0.3) is 0 Å². The van der Waals surface area contributed by atoms with Crippen molar-refractivity contribution >= 4 is 11.8 Å². The number of carbonyl (C=O) groups excluding carboxylic acids is 2. The third kappa shape index (κ3) is 9.83. The fourth-order valence-corrected chi connectivity index (χ4v) is 2.46. The van der Waals surface area contributed by atoms with Crippen LogP contribution in [0.5, 0.6) is 0 Å². The lowest BCUT2D eigenvalue weighted by molar-refractivity contribution is -0.136. The largest absolute Gasteiger partial charge is 0.380 e. The van der Waals surface area contributed by atoms with Crippen LogP contribution < -0.4 is 5.32 Å². The second kappa shape index (κ2) is 10.1. The van der Waals surface area contributed by atoms with Crippen molar-refractivity contribution in [2.75, 3.05) is 32.8 Å². The molecule has 25 heavy (non-hydrogen) atoms. The standard InChI is InChI=1S/C20H40N2O3/c1-10-22(18(24)16(4)5)12-20(8,9)14-25-13-19(6,7)11-21-17(23)15(2)3/h15-16H,10-14H2,1-9H3,(H,21,23). The zero-order chi connectivity index (χ0) is 19.8. The van der Waals surface area contributed by atoms with Gasteiger partial charge in [-0.3, -0.25) is 9.59 Å². The molecule has 0 saturated heterocycles. The van der Waals surface area contributed by atoms with Gasteiger partial charge in [-0.15, -0.1) is 0 Å². The van der Waals surface area contributed by atoms with E-state index in [9.17, 15) is 9.59 Å². The molecule has 0 aliphatic heterocycles. The Bertz CT molecular complexity index is 429. The van der Waals surface area contributed by atoms with Gasteiger partial charge in [0.25, 0.3) is 0 Å². The molecule has 0 aromatic carbocycles. The first-order valence-corrected chi connectivity index (χ1v) is 9.45. The zero-order valence-corrected chi connectivity index (χ0v) is 17.9. The third-order valence-corrected chi connectivity index (χ3v) is 4.06. The average molecular weight is 357 g/mol. The molecule has 0 saturated carbocycles. The van der Waals surface area contributed by atoms with Crippen molar-refractivity contribution in [3.63, 3.8) is 0 Å². The number of amides is 2. The van der Waals surface area contributed by atoms with E-state index in [0.717, 1.165) is 0 Å². The van der Waals surface area contributed by atoms with Crippen LogP contribution in [0.1, 0.15) is 62.3 Å². The number of ether oxygens (including phenoxy) is 1. The Morgan fingerprint density at radius 1 is 0.960 bits per heavy atom. The van der Waals surface area contributed by atoms with E-state index < -0.39 is 0 Å². The summed E-state index contributed by atoms with van der Waals surface area (Å²) in [6.07, 6.45) is 0. The van der Waals surface area contributed by atoms with Crippen LogP contribution >= 0.6 is 0 Å². The number of rotatable bonds is 11. The Balaban J connectivity index is 4.43. The van der Waals surface area contributed by atoms with E-state index >= 15 is 0 Å². The van der Waals surface area contributed by atoms with Gasteiger partial charge in [-0.2, -0.15) is 0 Å². The summed E-state index contributed by atoms with van der Waals surface area (Å²) in [4.78, 5) is 25.8. The molecule has 0 bridgehead atoms. The molecule has 0 radical (unpaired) electrons. The molecule has 0 heterocycles. The van der Waals surface area contributed by atoms with Gasteiger partial charge >= 0.3 is 0 Å². The van der Waals surface area contributed by atoms with Gasteiger partial charge in [-0.25, -0.2) is 0 Å². The van der Waals surface area contributed by atoms with Gasteiger partial charge in [-0.05, 0) is 6.92 Å². The topological polar surface area (TPSA) is 58.6 Å². The van der Waals surface area contributed by atoms with Gasteiger partial charge in [0.2, 0.25) is 11.8 Å². The summed E-state index contributed by atoms with van der Waals surface area (Å²) in [6, 6.07) is 0. The van der Waals surface area contributed by atoms with E-state index in [-0.39, 0.29) is 34.5 Å². The van der Waals surface area contributed by atoms with Crippen LogP contribution in [0.15, 0.2) is 0 Å². The molecule has 5 heteroatoms. The summed E-state index contributed by atoms with van der Waals surface area (Å²) < 4.78 is 5.95. The molecular formula is C20H40N2O3. The Morgan fingerprint density at radius 2 is 1.48 bits per heavy atom. The minimum absolute atomic E-state index is 0.00540. The quantitative estimate of drug-likeness (QED) is 0.618. The molecule has 2 amide bonds. The van der Waals surface area contributed by atoms with Crippen molar-refractivity contribution < 1.29 is 14.3 Å². The molecule has 0 atom stereocenters. The van der Waals surface area contributed by atoms with E-state index in [1.807, 2.05) is 39.5 Å². The van der Waals surface area contributed by atoms with Crippen LogP contribution in [0.2, 0.25) is 0 Å². The minimum atomic E-state index is -0.126. The van der Waals surface area contributed by atoms with Crippen molar-refractivity contribution in [2.45, 2.75) is 62.3 Å². The monoisotopic (exact) mass is 356 g/mol. The van der Waals surface area contributed by atoms with Gasteiger partial charge in [-0.1, -0.05) is 55.4 Å². The molecule has 0 spiro atoms. The van der Waals surface area contributed by atoms with Crippen molar-refractivity contribution in [3.8, 4) is 0 Å². The van der Waals surface area contributed by atoms with Crippen LogP contribution in [0.3, 0.4) is 0 Å². The van der Waals surface area contributed by atoms with E-state index in [0.29, 0.717) is 32.8 Å². The van der Waals surface area contributed by atoms with Gasteiger partial charge < -0.3 is 15.0 Å². The highest BCUT2D eigenvalue weighted by Crippen LogP contribution is 2.21. The SMILES string of the molecule is CCN(CC(C)(C)COCC(C)(C)CNC(=O)C(C)C)C(=O)C(C)C.